The Hall–Kier alpha value is -2.30. The number of aromatic nitrogens is 1. The van der Waals surface area contributed by atoms with Crippen molar-refractivity contribution in [1.82, 2.24) is 14.4 Å². The Balaban J connectivity index is 1.45. The van der Waals surface area contributed by atoms with E-state index in [-0.39, 0.29) is 5.91 Å². The van der Waals surface area contributed by atoms with Crippen LogP contribution in [-0.2, 0) is 13.6 Å². The highest BCUT2D eigenvalue weighted by molar-refractivity contribution is 6.35. The predicted octanol–water partition coefficient (Wildman–Crippen LogP) is 3.79. The van der Waals surface area contributed by atoms with Crippen LogP contribution in [0, 0.1) is 0 Å². The van der Waals surface area contributed by atoms with Gasteiger partial charge in [-0.2, -0.15) is 0 Å². The van der Waals surface area contributed by atoms with Crippen LogP contribution in [-0.4, -0.2) is 46.5 Å². The number of rotatable bonds is 3. The standard InChI is InChI=1S/C21H22ClN3O/c1-23-19-9-5-8-18(22)17(19)14-20(23)21(26)25-12-10-24(11-13-25)15-16-6-3-2-4-7-16/h2-9,14H,10-13,15H2,1H3. The van der Waals surface area contributed by atoms with E-state index in [4.69, 9.17) is 11.6 Å². The molecule has 0 unspecified atom stereocenters. The highest BCUT2D eigenvalue weighted by atomic mass is 35.5. The molecule has 0 radical (unpaired) electrons. The molecule has 26 heavy (non-hydrogen) atoms. The Labute approximate surface area is 158 Å². The number of piperazine rings is 1. The third-order valence-electron chi connectivity index (χ3n) is 5.16. The summed E-state index contributed by atoms with van der Waals surface area (Å²) in [6.07, 6.45) is 0. The van der Waals surface area contributed by atoms with Gasteiger partial charge < -0.3 is 9.47 Å². The van der Waals surface area contributed by atoms with Crippen LogP contribution in [0.15, 0.2) is 54.6 Å². The fraction of sp³-hybridized carbons (Fsp3) is 0.286. The Bertz CT molecular complexity index is 927. The molecular formula is C21H22ClN3O. The average Bonchev–Trinajstić information content (AvgIpc) is 3.01. The third kappa shape index (κ3) is 3.22. The van der Waals surface area contributed by atoms with Crippen LogP contribution in [0.1, 0.15) is 16.1 Å². The van der Waals surface area contributed by atoms with Crippen LogP contribution in [0.4, 0.5) is 0 Å². The summed E-state index contributed by atoms with van der Waals surface area (Å²) >= 11 is 6.28. The number of hydrogen-bond acceptors (Lipinski definition) is 2. The molecule has 0 spiro atoms. The monoisotopic (exact) mass is 367 g/mol. The van der Waals surface area contributed by atoms with Crippen molar-refractivity contribution in [1.29, 1.82) is 0 Å². The molecule has 0 N–H and O–H groups in total. The van der Waals surface area contributed by atoms with Gasteiger partial charge in [-0.05, 0) is 23.8 Å². The number of nitrogens with zero attached hydrogens (tertiary/aromatic N) is 3. The molecule has 4 nitrogen and oxygen atoms in total. The van der Waals surface area contributed by atoms with E-state index in [1.165, 1.54) is 5.56 Å². The van der Waals surface area contributed by atoms with Gasteiger partial charge in [0.1, 0.15) is 5.69 Å². The van der Waals surface area contributed by atoms with Gasteiger partial charge in [-0.15, -0.1) is 0 Å². The summed E-state index contributed by atoms with van der Waals surface area (Å²) in [5, 5.41) is 1.62. The summed E-state index contributed by atoms with van der Waals surface area (Å²) in [6, 6.07) is 18.2. The molecule has 1 amide bonds. The number of aryl methyl sites for hydroxylation is 1. The second-order valence-corrected chi connectivity index (χ2v) is 7.22. The lowest BCUT2D eigenvalue weighted by Gasteiger charge is -2.34. The van der Waals surface area contributed by atoms with E-state index >= 15 is 0 Å². The van der Waals surface area contributed by atoms with E-state index in [9.17, 15) is 4.79 Å². The zero-order valence-corrected chi connectivity index (χ0v) is 15.6. The summed E-state index contributed by atoms with van der Waals surface area (Å²) in [6.45, 7) is 4.23. The maximum atomic E-state index is 13.0. The number of hydrogen-bond donors (Lipinski definition) is 0. The molecule has 3 aromatic rings. The highest BCUT2D eigenvalue weighted by Crippen LogP contribution is 2.27. The van der Waals surface area contributed by atoms with Gasteiger partial charge in [-0.1, -0.05) is 48.0 Å². The maximum absolute atomic E-state index is 13.0. The molecule has 0 atom stereocenters. The number of halogens is 1. The van der Waals surface area contributed by atoms with Crippen molar-refractivity contribution in [2.75, 3.05) is 26.2 Å². The molecule has 0 bridgehead atoms. The summed E-state index contributed by atoms with van der Waals surface area (Å²) in [7, 11) is 1.93. The van der Waals surface area contributed by atoms with Crippen LogP contribution in [0.25, 0.3) is 10.9 Å². The first-order valence-electron chi connectivity index (χ1n) is 8.93. The molecule has 2 heterocycles. The Morgan fingerprint density at radius 1 is 1.00 bits per heavy atom. The molecule has 2 aromatic carbocycles. The molecule has 1 saturated heterocycles. The molecule has 1 fully saturated rings. The van der Waals surface area contributed by atoms with E-state index < -0.39 is 0 Å². The minimum absolute atomic E-state index is 0.0825. The number of carbonyl (C=O) groups is 1. The summed E-state index contributed by atoms with van der Waals surface area (Å²) in [5.74, 6) is 0.0825. The van der Waals surface area contributed by atoms with Gasteiger partial charge in [-0.3, -0.25) is 9.69 Å². The topological polar surface area (TPSA) is 28.5 Å². The second-order valence-electron chi connectivity index (χ2n) is 6.82. The van der Waals surface area contributed by atoms with Crippen molar-refractivity contribution in [3.05, 3.63) is 70.9 Å². The van der Waals surface area contributed by atoms with Gasteiger partial charge in [0.25, 0.3) is 5.91 Å². The van der Waals surface area contributed by atoms with E-state index in [0.717, 1.165) is 43.6 Å². The van der Waals surface area contributed by atoms with Crippen LogP contribution in [0.5, 0.6) is 0 Å². The Morgan fingerprint density at radius 3 is 2.42 bits per heavy atom. The number of carbonyl (C=O) groups excluding carboxylic acids is 1. The summed E-state index contributed by atoms with van der Waals surface area (Å²) < 4.78 is 1.94. The van der Waals surface area contributed by atoms with Crippen LogP contribution in [0.3, 0.4) is 0 Å². The van der Waals surface area contributed by atoms with Gasteiger partial charge in [0.15, 0.2) is 0 Å². The first kappa shape index (κ1) is 17.1. The minimum atomic E-state index is 0.0825. The highest BCUT2D eigenvalue weighted by Gasteiger charge is 2.24. The van der Waals surface area contributed by atoms with E-state index in [1.54, 1.807) is 0 Å². The lowest BCUT2D eigenvalue weighted by molar-refractivity contribution is 0.0619. The zero-order valence-electron chi connectivity index (χ0n) is 14.9. The maximum Gasteiger partial charge on any atom is 0.270 e. The van der Waals surface area contributed by atoms with Gasteiger partial charge in [0.2, 0.25) is 0 Å². The normalized spacial score (nSPS) is 15.5. The van der Waals surface area contributed by atoms with Crippen LogP contribution >= 0.6 is 11.6 Å². The number of benzene rings is 2. The van der Waals surface area contributed by atoms with Crippen molar-refractivity contribution in [2.45, 2.75) is 6.54 Å². The van der Waals surface area contributed by atoms with E-state index in [0.29, 0.717) is 10.7 Å². The largest absolute Gasteiger partial charge is 0.340 e. The summed E-state index contributed by atoms with van der Waals surface area (Å²) in [5.41, 5.74) is 3.00. The van der Waals surface area contributed by atoms with Crippen LogP contribution < -0.4 is 0 Å². The quantitative estimate of drug-likeness (QED) is 0.704. The second kappa shape index (κ2) is 7.14. The summed E-state index contributed by atoms with van der Waals surface area (Å²) in [4.78, 5) is 17.4. The Kier molecular flexibility index (Phi) is 4.70. The lowest BCUT2D eigenvalue weighted by atomic mass is 10.2. The lowest BCUT2D eigenvalue weighted by Crippen LogP contribution is -2.48. The third-order valence-corrected chi connectivity index (χ3v) is 5.49. The predicted molar refractivity (Wildman–Crippen MR) is 106 cm³/mol. The van der Waals surface area contributed by atoms with Crippen molar-refractivity contribution in [3.63, 3.8) is 0 Å². The van der Waals surface area contributed by atoms with Gasteiger partial charge in [0, 0.05) is 55.7 Å². The molecule has 4 rings (SSSR count). The van der Waals surface area contributed by atoms with Crippen molar-refractivity contribution in [3.8, 4) is 0 Å². The first-order valence-corrected chi connectivity index (χ1v) is 9.31. The molecule has 1 aliphatic rings. The molecule has 134 valence electrons. The van der Waals surface area contributed by atoms with Gasteiger partial charge in [0.05, 0.1) is 0 Å². The average molecular weight is 368 g/mol. The number of amides is 1. The smallest absolute Gasteiger partial charge is 0.270 e. The molecule has 5 heteroatoms. The van der Waals surface area contributed by atoms with E-state index in [1.807, 2.05) is 46.8 Å². The molecular weight excluding hydrogens is 346 g/mol. The van der Waals surface area contributed by atoms with Gasteiger partial charge in [-0.25, -0.2) is 0 Å². The molecule has 0 saturated carbocycles. The van der Waals surface area contributed by atoms with Crippen LogP contribution in [0.2, 0.25) is 5.02 Å². The Morgan fingerprint density at radius 2 is 1.73 bits per heavy atom. The van der Waals surface area contributed by atoms with Gasteiger partial charge >= 0.3 is 0 Å². The molecule has 0 aliphatic carbocycles. The molecule has 1 aliphatic heterocycles. The molecule has 1 aromatic heterocycles. The fourth-order valence-corrected chi connectivity index (χ4v) is 3.87. The minimum Gasteiger partial charge on any atom is -0.340 e. The zero-order chi connectivity index (χ0) is 18.1. The van der Waals surface area contributed by atoms with Crippen molar-refractivity contribution in [2.24, 2.45) is 7.05 Å². The fourth-order valence-electron chi connectivity index (χ4n) is 3.64. The first-order chi connectivity index (χ1) is 12.6. The van der Waals surface area contributed by atoms with E-state index in [2.05, 4.69) is 29.2 Å². The number of fused-ring (bicyclic) bond motifs is 1. The SMILES string of the molecule is Cn1c(C(=O)N2CCN(Cc3ccccc3)CC2)cc2c(Cl)cccc21. The van der Waals surface area contributed by atoms with Crippen molar-refractivity contribution >= 4 is 28.4 Å². The van der Waals surface area contributed by atoms with Crippen molar-refractivity contribution < 1.29 is 4.79 Å².